The largest absolute Gasteiger partial charge is 0.344 e. The first-order valence-corrected chi connectivity index (χ1v) is 11.3. The molecule has 0 bridgehead atoms. The lowest BCUT2D eigenvalue weighted by Gasteiger charge is -2.24. The van der Waals surface area contributed by atoms with E-state index >= 15 is 0 Å². The summed E-state index contributed by atoms with van der Waals surface area (Å²) >= 11 is 0. The Kier molecular flexibility index (Phi) is 8.38. The molecule has 2 aromatic carbocycles. The van der Waals surface area contributed by atoms with Crippen molar-refractivity contribution in [3.63, 3.8) is 0 Å². The van der Waals surface area contributed by atoms with Crippen molar-refractivity contribution in [1.29, 1.82) is 0 Å². The molecule has 3 aromatic rings. The van der Waals surface area contributed by atoms with Crippen LogP contribution < -0.4 is 11.1 Å². The molecule has 0 amide bonds. The van der Waals surface area contributed by atoms with Gasteiger partial charge in [-0.2, -0.15) is 0 Å². The molecule has 0 radical (unpaired) electrons. The van der Waals surface area contributed by atoms with Crippen molar-refractivity contribution in [1.82, 2.24) is 9.88 Å². The van der Waals surface area contributed by atoms with E-state index in [9.17, 15) is 0 Å². The Morgan fingerprint density at radius 3 is 2.60 bits per heavy atom. The highest BCUT2D eigenvalue weighted by molar-refractivity contribution is 5.85. The summed E-state index contributed by atoms with van der Waals surface area (Å²) in [6, 6.07) is 18.7. The van der Waals surface area contributed by atoms with Crippen LogP contribution in [0.2, 0.25) is 0 Å². The number of aromatic nitrogens is 1. The topological polar surface area (TPSA) is 43.0 Å². The second-order valence-electron chi connectivity index (χ2n) is 8.59. The molecule has 1 aromatic heterocycles. The van der Waals surface area contributed by atoms with Crippen LogP contribution in [0.15, 0.2) is 54.7 Å². The molecule has 0 aliphatic heterocycles. The first kappa shape index (κ1) is 22.9. The van der Waals surface area contributed by atoms with Gasteiger partial charge in [0.25, 0.3) is 0 Å². The van der Waals surface area contributed by atoms with E-state index in [4.69, 9.17) is 5.73 Å². The number of hydrogen-bond acceptors (Lipinski definition) is 2. The highest BCUT2D eigenvalue weighted by Gasteiger charge is 2.23. The van der Waals surface area contributed by atoms with Gasteiger partial charge in [0.05, 0.1) is 0 Å². The Labute approximate surface area is 187 Å². The molecule has 1 heterocycles. The van der Waals surface area contributed by atoms with Gasteiger partial charge in [0, 0.05) is 42.1 Å². The molecule has 4 rings (SSSR count). The SMILES string of the molecule is Cc1cccc(C(CCNCCN)c2cn(C3CCCCC3)c3ccccc23)c1.Cl. The predicted molar refractivity (Wildman–Crippen MR) is 131 cm³/mol. The summed E-state index contributed by atoms with van der Waals surface area (Å²) in [6.45, 7) is 4.75. The summed E-state index contributed by atoms with van der Waals surface area (Å²) in [7, 11) is 0. The second kappa shape index (κ2) is 11.0. The number of nitrogens with two attached hydrogens (primary N) is 1. The van der Waals surface area contributed by atoms with Gasteiger partial charge in [0.2, 0.25) is 0 Å². The monoisotopic (exact) mass is 425 g/mol. The summed E-state index contributed by atoms with van der Waals surface area (Å²) in [6.07, 6.45) is 10.3. The summed E-state index contributed by atoms with van der Waals surface area (Å²) in [5.74, 6) is 0.398. The fraction of sp³-hybridized carbons (Fsp3) is 0.462. The lowest BCUT2D eigenvalue weighted by molar-refractivity contribution is 0.360. The van der Waals surface area contributed by atoms with Gasteiger partial charge in [-0.05, 0) is 49.9 Å². The van der Waals surface area contributed by atoms with Crippen LogP contribution >= 0.6 is 12.4 Å². The van der Waals surface area contributed by atoms with Crippen molar-refractivity contribution < 1.29 is 0 Å². The van der Waals surface area contributed by atoms with Crippen molar-refractivity contribution >= 4 is 23.3 Å². The van der Waals surface area contributed by atoms with E-state index in [0.717, 1.165) is 19.5 Å². The molecule has 1 fully saturated rings. The third-order valence-corrected chi connectivity index (χ3v) is 6.49. The molecule has 3 N–H and O–H groups in total. The number of fused-ring (bicyclic) bond motifs is 1. The predicted octanol–water partition coefficient (Wildman–Crippen LogP) is 5.95. The number of aryl methyl sites for hydroxylation is 1. The summed E-state index contributed by atoms with van der Waals surface area (Å²) < 4.78 is 2.60. The number of rotatable bonds is 8. The average molecular weight is 426 g/mol. The van der Waals surface area contributed by atoms with Gasteiger partial charge in [0.1, 0.15) is 0 Å². The van der Waals surface area contributed by atoms with E-state index in [1.54, 1.807) is 0 Å². The maximum absolute atomic E-state index is 5.68. The van der Waals surface area contributed by atoms with E-state index < -0.39 is 0 Å². The van der Waals surface area contributed by atoms with Crippen LogP contribution in [-0.4, -0.2) is 24.2 Å². The smallest absolute Gasteiger partial charge is 0.0485 e. The number of halogens is 1. The first-order valence-electron chi connectivity index (χ1n) is 11.3. The van der Waals surface area contributed by atoms with Gasteiger partial charge in [-0.25, -0.2) is 0 Å². The molecule has 162 valence electrons. The quantitative estimate of drug-likeness (QED) is 0.438. The van der Waals surface area contributed by atoms with E-state index in [2.05, 4.69) is 71.5 Å². The number of para-hydroxylation sites is 1. The van der Waals surface area contributed by atoms with Crippen LogP contribution in [0.3, 0.4) is 0 Å². The summed E-state index contributed by atoms with van der Waals surface area (Å²) in [5.41, 5.74) is 11.3. The standard InChI is InChI=1S/C26H35N3.ClH/c1-20-8-7-9-21(18-20)23(14-16-28-17-15-27)25-19-29(22-10-3-2-4-11-22)26-13-6-5-12-24(25)26;/h5-9,12-13,18-19,22-23,28H,2-4,10-11,14-17,27H2,1H3;1H. The summed E-state index contributed by atoms with van der Waals surface area (Å²) in [5, 5.41) is 4.93. The van der Waals surface area contributed by atoms with E-state index in [1.165, 1.54) is 59.7 Å². The Balaban J connectivity index is 0.00000256. The van der Waals surface area contributed by atoms with Crippen molar-refractivity contribution in [3.05, 3.63) is 71.4 Å². The van der Waals surface area contributed by atoms with Crippen LogP contribution in [0.25, 0.3) is 10.9 Å². The molecule has 0 spiro atoms. The molecular weight excluding hydrogens is 390 g/mol. The van der Waals surface area contributed by atoms with E-state index in [-0.39, 0.29) is 12.4 Å². The van der Waals surface area contributed by atoms with Crippen molar-refractivity contribution in [2.75, 3.05) is 19.6 Å². The minimum absolute atomic E-state index is 0. The molecule has 4 heteroatoms. The van der Waals surface area contributed by atoms with Gasteiger partial charge in [-0.1, -0.05) is 67.3 Å². The molecule has 0 saturated heterocycles. The first-order chi connectivity index (χ1) is 14.3. The van der Waals surface area contributed by atoms with Gasteiger partial charge in [-0.3, -0.25) is 0 Å². The number of hydrogen-bond donors (Lipinski definition) is 2. The second-order valence-corrected chi connectivity index (χ2v) is 8.59. The zero-order valence-electron chi connectivity index (χ0n) is 18.1. The molecule has 3 nitrogen and oxygen atoms in total. The minimum atomic E-state index is 0. The van der Waals surface area contributed by atoms with Crippen molar-refractivity contribution in [2.45, 2.75) is 57.4 Å². The molecule has 1 aliphatic carbocycles. The highest BCUT2D eigenvalue weighted by atomic mass is 35.5. The van der Waals surface area contributed by atoms with Crippen LogP contribution in [0.5, 0.6) is 0 Å². The fourth-order valence-corrected chi connectivity index (χ4v) is 5.03. The van der Waals surface area contributed by atoms with Crippen LogP contribution in [-0.2, 0) is 0 Å². The molecule has 1 saturated carbocycles. The van der Waals surface area contributed by atoms with E-state index in [0.29, 0.717) is 18.5 Å². The Bertz CT molecular complexity index is 927. The van der Waals surface area contributed by atoms with Gasteiger partial charge < -0.3 is 15.6 Å². The number of nitrogens with zero attached hydrogens (tertiary/aromatic N) is 1. The highest BCUT2D eigenvalue weighted by Crippen LogP contribution is 2.38. The number of benzene rings is 2. The molecular formula is C26H36ClN3. The Morgan fingerprint density at radius 1 is 1.03 bits per heavy atom. The van der Waals surface area contributed by atoms with Crippen LogP contribution in [0.1, 0.15) is 67.2 Å². The van der Waals surface area contributed by atoms with Crippen LogP contribution in [0.4, 0.5) is 0 Å². The zero-order valence-corrected chi connectivity index (χ0v) is 19.0. The maximum atomic E-state index is 5.68. The maximum Gasteiger partial charge on any atom is 0.0485 e. The van der Waals surface area contributed by atoms with Crippen LogP contribution in [0, 0.1) is 6.92 Å². The Hall–Kier alpha value is -1.81. The minimum Gasteiger partial charge on any atom is -0.344 e. The van der Waals surface area contributed by atoms with Gasteiger partial charge in [-0.15, -0.1) is 12.4 Å². The lowest BCUT2D eigenvalue weighted by Crippen LogP contribution is -2.24. The molecule has 1 unspecified atom stereocenters. The summed E-state index contributed by atoms with van der Waals surface area (Å²) in [4.78, 5) is 0. The normalized spacial score (nSPS) is 15.8. The van der Waals surface area contributed by atoms with E-state index in [1.807, 2.05) is 0 Å². The third kappa shape index (κ3) is 5.08. The Morgan fingerprint density at radius 2 is 1.83 bits per heavy atom. The van der Waals surface area contributed by atoms with Gasteiger partial charge in [0.15, 0.2) is 0 Å². The number of nitrogens with one attached hydrogen (secondary N) is 1. The molecule has 1 atom stereocenters. The van der Waals surface area contributed by atoms with Crippen molar-refractivity contribution in [3.8, 4) is 0 Å². The zero-order chi connectivity index (χ0) is 20.1. The molecule has 30 heavy (non-hydrogen) atoms. The van der Waals surface area contributed by atoms with Gasteiger partial charge >= 0.3 is 0 Å². The van der Waals surface area contributed by atoms with Crippen molar-refractivity contribution in [2.24, 2.45) is 5.73 Å². The lowest BCUT2D eigenvalue weighted by atomic mass is 9.87. The molecule has 1 aliphatic rings. The third-order valence-electron chi connectivity index (χ3n) is 6.49. The average Bonchev–Trinajstić information content (AvgIpc) is 3.14. The fourth-order valence-electron chi connectivity index (χ4n) is 5.03.